The topological polar surface area (TPSA) is 37.3 Å². The molecule has 1 fully saturated rings. The van der Waals surface area contributed by atoms with Gasteiger partial charge in [-0.3, -0.25) is 4.79 Å². The fraction of sp³-hybridized carbons (Fsp3) is 0.500. The second kappa shape index (κ2) is 5.30. The zero-order valence-electron chi connectivity index (χ0n) is 9.73. The molecule has 1 aliphatic carbocycles. The van der Waals surface area contributed by atoms with Gasteiger partial charge in [-0.05, 0) is 36.5 Å². The average molecular weight is 236 g/mol. The lowest BCUT2D eigenvalue weighted by Crippen LogP contribution is -2.23. The van der Waals surface area contributed by atoms with E-state index in [1.54, 1.807) is 12.1 Å². The molecule has 92 valence electrons. The van der Waals surface area contributed by atoms with Crippen molar-refractivity contribution in [3.63, 3.8) is 0 Å². The molecule has 1 saturated carbocycles. The van der Waals surface area contributed by atoms with Crippen LogP contribution >= 0.6 is 0 Å². The molecule has 0 aliphatic heterocycles. The summed E-state index contributed by atoms with van der Waals surface area (Å²) in [7, 11) is 0. The van der Waals surface area contributed by atoms with Crippen molar-refractivity contribution in [2.75, 3.05) is 0 Å². The molecule has 17 heavy (non-hydrogen) atoms. The standard InChI is InChI=1S/C14H17FO2/c15-13-6-2-5-11(9-13)8-12(14(16)17)7-10-3-1-4-10/h2,5-6,9-10,12H,1,3-4,7-8H2,(H,16,17). The summed E-state index contributed by atoms with van der Waals surface area (Å²) in [6, 6.07) is 6.23. The van der Waals surface area contributed by atoms with Crippen LogP contribution in [0.2, 0.25) is 0 Å². The van der Waals surface area contributed by atoms with Crippen LogP contribution in [0.25, 0.3) is 0 Å². The summed E-state index contributed by atoms with van der Waals surface area (Å²) < 4.78 is 13.0. The lowest BCUT2D eigenvalue weighted by atomic mass is 9.77. The normalized spacial score (nSPS) is 17.5. The van der Waals surface area contributed by atoms with E-state index in [1.807, 2.05) is 0 Å². The van der Waals surface area contributed by atoms with Gasteiger partial charge in [-0.2, -0.15) is 0 Å². The van der Waals surface area contributed by atoms with Crippen LogP contribution in [-0.4, -0.2) is 11.1 Å². The molecule has 2 rings (SSSR count). The van der Waals surface area contributed by atoms with E-state index in [2.05, 4.69) is 0 Å². The van der Waals surface area contributed by atoms with Gasteiger partial charge in [-0.1, -0.05) is 31.4 Å². The first-order valence-electron chi connectivity index (χ1n) is 6.12. The zero-order valence-corrected chi connectivity index (χ0v) is 9.73. The van der Waals surface area contributed by atoms with Gasteiger partial charge < -0.3 is 5.11 Å². The molecule has 1 aromatic rings. The second-order valence-corrected chi connectivity index (χ2v) is 4.90. The van der Waals surface area contributed by atoms with Gasteiger partial charge >= 0.3 is 5.97 Å². The van der Waals surface area contributed by atoms with Crippen LogP contribution in [-0.2, 0) is 11.2 Å². The Hall–Kier alpha value is -1.38. The molecule has 1 aliphatic rings. The van der Waals surface area contributed by atoms with Crippen molar-refractivity contribution in [2.45, 2.75) is 32.1 Å². The van der Waals surface area contributed by atoms with E-state index in [-0.39, 0.29) is 11.7 Å². The maximum Gasteiger partial charge on any atom is 0.306 e. The van der Waals surface area contributed by atoms with Gasteiger partial charge in [0.2, 0.25) is 0 Å². The molecule has 0 radical (unpaired) electrons. The summed E-state index contributed by atoms with van der Waals surface area (Å²) in [6.45, 7) is 0. The van der Waals surface area contributed by atoms with E-state index >= 15 is 0 Å². The highest BCUT2D eigenvalue weighted by molar-refractivity contribution is 5.70. The van der Waals surface area contributed by atoms with Crippen molar-refractivity contribution < 1.29 is 14.3 Å². The first-order chi connectivity index (χ1) is 8.15. The molecule has 1 atom stereocenters. The maximum absolute atomic E-state index is 13.0. The number of carboxylic acids is 1. The van der Waals surface area contributed by atoms with E-state index in [0.29, 0.717) is 12.3 Å². The highest BCUT2D eigenvalue weighted by Gasteiger charge is 2.26. The van der Waals surface area contributed by atoms with Gasteiger partial charge in [0.15, 0.2) is 0 Å². The Morgan fingerprint density at radius 3 is 2.76 bits per heavy atom. The van der Waals surface area contributed by atoms with Gasteiger partial charge in [0.1, 0.15) is 5.82 Å². The number of hydrogen-bond donors (Lipinski definition) is 1. The van der Waals surface area contributed by atoms with E-state index < -0.39 is 5.97 Å². The quantitative estimate of drug-likeness (QED) is 0.852. The Bertz CT molecular complexity index is 399. The maximum atomic E-state index is 13.0. The van der Waals surface area contributed by atoms with E-state index in [0.717, 1.165) is 24.8 Å². The largest absolute Gasteiger partial charge is 0.481 e. The van der Waals surface area contributed by atoms with Crippen LogP contribution in [0.3, 0.4) is 0 Å². The van der Waals surface area contributed by atoms with Crippen molar-refractivity contribution >= 4 is 5.97 Å². The molecule has 3 heteroatoms. The Kier molecular flexibility index (Phi) is 3.77. The van der Waals surface area contributed by atoms with Crippen molar-refractivity contribution in [1.29, 1.82) is 0 Å². The SMILES string of the molecule is O=C(O)C(Cc1cccc(F)c1)CC1CCC1. The predicted molar refractivity (Wildman–Crippen MR) is 63.2 cm³/mol. The number of carbonyl (C=O) groups is 1. The minimum absolute atomic E-state index is 0.296. The number of rotatable bonds is 5. The first kappa shape index (κ1) is 12.1. The minimum atomic E-state index is -0.763. The summed E-state index contributed by atoms with van der Waals surface area (Å²) >= 11 is 0. The Morgan fingerprint density at radius 2 is 2.24 bits per heavy atom. The Balaban J connectivity index is 1.99. The molecule has 1 aromatic carbocycles. The number of aliphatic carboxylic acids is 1. The Morgan fingerprint density at radius 1 is 1.47 bits per heavy atom. The number of hydrogen-bond acceptors (Lipinski definition) is 1. The monoisotopic (exact) mass is 236 g/mol. The van der Waals surface area contributed by atoms with E-state index in [4.69, 9.17) is 0 Å². The van der Waals surface area contributed by atoms with Gasteiger partial charge in [0.25, 0.3) is 0 Å². The third kappa shape index (κ3) is 3.29. The van der Waals surface area contributed by atoms with Crippen LogP contribution < -0.4 is 0 Å². The molecule has 0 aromatic heterocycles. The molecule has 1 unspecified atom stereocenters. The molecule has 0 spiro atoms. The molecular formula is C14H17FO2. The number of carboxylic acid groups (broad SMARTS) is 1. The van der Waals surface area contributed by atoms with Crippen LogP contribution in [0.5, 0.6) is 0 Å². The highest BCUT2D eigenvalue weighted by atomic mass is 19.1. The number of benzene rings is 1. The van der Waals surface area contributed by atoms with Crippen molar-refractivity contribution in [1.82, 2.24) is 0 Å². The van der Waals surface area contributed by atoms with Crippen LogP contribution in [0.4, 0.5) is 4.39 Å². The van der Waals surface area contributed by atoms with E-state index in [1.165, 1.54) is 18.6 Å². The highest BCUT2D eigenvalue weighted by Crippen LogP contribution is 2.33. The average Bonchev–Trinajstić information content (AvgIpc) is 2.21. The van der Waals surface area contributed by atoms with Crippen molar-refractivity contribution in [2.24, 2.45) is 11.8 Å². The number of halogens is 1. The summed E-state index contributed by atoms with van der Waals surface area (Å²) in [5.41, 5.74) is 0.775. The van der Waals surface area contributed by atoms with Crippen LogP contribution in [0, 0.1) is 17.7 Å². The van der Waals surface area contributed by atoms with Gasteiger partial charge in [0.05, 0.1) is 5.92 Å². The summed E-state index contributed by atoms with van der Waals surface area (Å²) in [5.74, 6) is -0.872. The smallest absolute Gasteiger partial charge is 0.306 e. The minimum Gasteiger partial charge on any atom is -0.481 e. The summed E-state index contributed by atoms with van der Waals surface area (Å²) in [4.78, 5) is 11.2. The zero-order chi connectivity index (χ0) is 12.3. The fourth-order valence-electron chi connectivity index (χ4n) is 2.35. The summed E-state index contributed by atoms with van der Waals surface area (Å²) in [6.07, 6.45) is 4.67. The lowest BCUT2D eigenvalue weighted by molar-refractivity contribution is -0.142. The second-order valence-electron chi connectivity index (χ2n) is 4.90. The molecule has 0 amide bonds. The van der Waals surface area contributed by atoms with Crippen molar-refractivity contribution in [3.8, 4) is 0 Å². The van der Waals surface area contributed by atoms with Crippen molar-refractivity contribution in [3.05, 3.63) is 35.6 Å². The molecule has 2 nitrogen and oxygen atoms in total. The molecule has 0 saturated heterocycles. The van der Waals surface area contributed by atoms with E-state index in [9.17, 15) is 14.3 Å². The first-order valence-corrected chi connectivity index (χ1v) is 6.12. The summed E-state index contributed by atoms with van der Waals surface area (Å²) in [5, 5.41) is 9.18. The Labute approximate surface area is 100 Å². The third-order valence-electron chi connectivity index (χ3n) is 3.56. The fourth-order valence-corrected chi connectivity index (χ4v) is 2.35. The van der Waals surface area contributed by atoms with Gasteiger partial charge in [-0.25, -0.2) is 4.39 Å². The molecular weight excluding hydrogens is 219 g/mol. The van der Waals surface area contributed by atoms with Gasteiger partial charge in [0, 0.05) is 0 Å². The molecule has 1 N–H and O–H groups in total. The van der Waals surface area contributed by atoms with Gasteiger partial charge in [-0.15, -0.1) is 0 Å². The molecule has 0 bridgehead atoms. The molecule has 0 heterocycles. The van der Waals surface area contributed by atoms with Crippen LogP contribution in [0.15, 0.2) is 24.3 Å². The predicted octanol–water partition coefficient (Wildman–Crippen LogP) is 3.26. The lowest BCUT2D eigenvalue weighted by Gasteiger charge is -2.28. The van der Waals surface area contributed by atoms with Crippen LogP contribution in [0.1, 0.15) is 31.2 Å². The third-order valence-corrected chi connectivity index (χ3v) is 3.56.